The lowest BCUT2D eigenvalue weighted by molar-refractivity contribution is -0.211. The van der Waals surface area contributed by atoms with Gasteiger partial charge in [-0.3, -0.25) is 0 Å². The average Bonchev–Trinajstić information content (AvgIpc) is 3.19. The Bertz CT molecular complexity index is 571. The minimum absolute atomic E-state index is 0.192. The molecule has 92 valence electrons. The summed E-state index contributed by atoms with van der Waals surface area (Å²) in [5.41, 5.74) is 1.52. The van der Waals surface area contributed by atoms with Crippen molar-refractivity contribution < 1.29 is 9.47 Å². The van der Waals surface area contributed by atoms with Crippen LogP contribution in [0.5, 0.6) is 0 Å². The zero-order valence-electron chi connectivity index (χ0n) is 10.3. The maximum atomic E-state index is 5.93. The second kappa shape index (κ2) is 3.81. The second-order valence-corrected chi connectivity index (χ2v) is 5.52. The molecule has 1 aliphatic heterocycles. The summed E-state index contributed by atoms with van der Waals surface area (Å²) in [6.45, 7) is 1.70. The van der Waals surface area contributed by atoms with E-state index in [0.29, 0.717) is 5.41 Å². The van der Waals surface area contributed by atoms with Crippen molar-refractivity contribution in [3.63, 3.8) is 0 Å². The van der Waals surface area contributed by atoms with Gasteiger partial charge < -0.3 is 9.47 Å². The minimum atomic E-state index is -0.192. The molecular formula is C16H16O2. The Morgan fingerprint density at radius 2 is 1.61 bits per heavy atom. The molecule has 0 amide bonds. The van der Waals surface area contributed by atoms with Crippen LogP contribution in [0.25, 0.3) is 10.8 Å². The van der Waals surface area contributed by atoms with Gasteiger partial charge in [0.15, 0.2) is 6.29 Å². The third-order valence-corrected chi connectivity index (χ3v) is 4.12. The van der Waals surface area contributed by atoms with Gasteiger partial charge in [0.2, 0.25) is 0 Å². The van der Waals surface area contributed by atoms with E-state index in [9.17, 15) is 0 Å². The highest BCUT2D eigenvalue weighted by atomic mass is 16.7. The summed E-state index contributed by atoms with van der Waals surface area (Å²) in [6, 6.07) is 14.7. The van der Waals surface area contributed by atoms with Crippen molar-refractivity contribution in [3.05, 3.63) is 48.0 Å². The first-order valence-corrected chi connectivity index (χ1v) is 6.57. The highest BCUT2D eigenvalue weighted by Gasteiger charge is 2.47. The lowest BCUT2D eigenvalue weighted by Gasteiger charge is -2.30. The van der Waals surface area contributed by atoms with Gasteiger partial charge >= 0.3 is 0 Å². The van der Waals surface area contributed by atoms with E-state index in [4.69, 9.17) is 9.47 Å². The molecule has 1 spiro atoms. The van der Waals surface area contributed by atoms with Crippen molar-refractivity contribution in [2.75, 3.05) is 13.2 Å². The summed E-state index contributed by atoms with van der Waals surface area (Å²) < 4.78 is 11.9. The molecule has 0 radical (unpaired) electrons. The van der Waals surface area contributed by atoms with Crippen molar-refractivity contribution in [1.82, 2.24) is 0 Å². The highest BCUT2D eigenvalue weighted by molar-refractivity contribution is 5.85. The van der Waals surface area contributed by atoms with Crippen molar-refractivity contribution in [2.45, 2.75) is 19.1 Å². The van der Waals surface area contributed by atoms with Crippen LogP contribution in [0, 0.1) is 5.41 Å². The topological polar surface area (TPSA) is 18.5 Å². The van der Waals surface area contributed by atoms with Crippen LogP contribution in [0.1, 0.15) is 24.7 Å². The molecule has 2 aromatic rings. The van der Waals surface area contributed by atoms with E-state index in [2.05, 4.69) is 42.5 Å². The highest BCUT2D eigenvalue weighted by Crippen LogP contribution is 2.50. The second-order valence-electron chi connectivity index (χ2n) is 5.52. The molecule has 2 aliphatic rings. The van der Waals surface area contributed by atoms with Gasteiger partial charge in [-0.25, -0.2) is 0 Å². The van der Waals surface area contributed by atoms with Crippen molar-refractivity contribution >= 4 is 10.8 Å². The largest absolute Gasteiger partial charge is 0.348 e. The molecule has 18 heavy (non-hydrogen) atoms. The van der Waals surface area contributed by atoms with Gasteiger partial charge in [-0.2, -0.15) is 0 Å². The molecule has 0 aromatic heterocycles. The van der Waals surface area contributed by atoms with Crippen molar-refractivity contribution in [1.29, 1.82) is 0 Å². The Balaban J connectivity index is 1.70. The first kappa shape index (κ1) is 10.5. The zero-order chi connectivity index (χ0) is 12.0. The summed E-state index contributed by atoms with van der Waals surface area (Å²) in [5, 5.41) is 2.48. The number of fused-ring (bicyclic) bond motifs is 1. The number of hydrogen-bond acceptors (Lipinski definition) is 2. The monoisotopic (exact) mass is 240 g/mol. The Labute approximate surface area is 107 Å². The molecule has 1 heterocycles. The Morgan fingerprint density at radius 1 is 0.889 bits per heavy atom. The first-order chi connectivity index (χ1) is 8.86. The number of ether oxygens (including phenoxy) is 2. The van der Waals surface area contributed by atoms with Gasteiger partial charge in [0.05, 0.1) is 13.2 Å². The average molecular weight is 240 g/mol. The van der Waals surface area contributed by atoms with Crippen molar-refractivity contribution in [3.8, 4) is 0 Å². The summed E-state index contributed by atoms with van der Waals surface area (Å²) >= 11 is 0. The Kier molecular flexibility index (Phi) is 2.23. The molecule has 0 N–H and O–H groups in total. The molecule has 4 rings (SSSR count). The van der Waals surface area contributed by atoms with Crippen LogP contribution in [-0.4, -0.2) is 13.2 Å². The molecule has 1 saturated carbocycles. The molecule has 1 saturated heterocycles. The lowest BCUT2D eigenvalue weighted by atomic mass is 10.0. The van der Waals surface area contributed by atoms with Gasteiger partial charge in [-0.1, -0.05) is 42.5 Å². The maximum absolute atomic E-state index is 5.93. The summed E-state index contributed by atoms with van der Waals surface area (Å²) in [5.74, 6) is 0. The van der Waals surface area contributed by atoms with E-state index in [-0.39, 0.29) is 6.29 Å². The van der Waals surface area contributed by atoms with E-state index in [1.807, 2.05) is 0 Å². The van der Waals surface area contributed by atoms with Gasteiger partial charge in [-0.05, 0) is 23.6 Å². The van der Waals surface area contributed by atoms with E-state index in [1.54, 1.807) is 0 Å². The van der Waals surface area contributed by atoms with Crippen LogP contribution in [-0.2, 0) is 9.47 Å². The zero-order valence-corrected chi connectivity index (χ0v) is 10.3. The summed E-state index contributed by atoms with van der Waals surface area (Å²) in [4.78, 5) is 0. The van der Waals surface area contributed by atoms with Gasteiger partial charge in [0, 0.05) is 11.0 Å². The van der Waals surface area contributed by atoms with Crippen LogP contribution < -0.4 is 0 Å². The third-order valence-electron chi connectivity index (χ3n) is 4.12. The molecular weight excluding hydrogens is 224 g/mol. The Morgan fingerprint density at radius 3 is 2.39 bits per heavy atom. The lowest BCUT2D eigenvalue weighted by Crippen LogP contribution is -2.28. The van der Waals surface area contributed by atoms with Crippen molar-refractivity contribution in [2.24, 2.45) is 5.41 Å². The minimum Gasteiger partial charge on any atom is -0.348 e. The van der Waals surface area contributed by atoms with Crippen LogP contribution in [0.4, 0.5) is 0 Å². The molecule has 2 nitrogen and oxygen atoms in total. The van der Waals surface area contributed by atoms with Crippen LogP contribution in [0.3, 0.4) is 0 Å². The number of rotatable bonds is 1. The van der Waals surface area contributed by atoms with Crippen LogP contribution >= 0.6 is 0 Å². The fourth-order valence-corrected chi connectivity index (χ4v) is 2.70. The molecule has 0 bridgehead atoms. The van der Waals surface area contributed by atoms with Gasteiger partial charge in [0.25, 0.3) is 0 Å². The van der Waals surface area contributed by atoms with E-state index in [1.165, 1.54) is 23.6 Å². The molecule has 2 fully saturated rings. The maximum Gasteiger partial charge on any atom is 0.184 e. The molecule has 0 atom stereocenters. The number of hydrogen-bond donors (Lipinski definition) is 0. The number of benzene rings is 2. The Hall–Kier alpha value is -1.38. The first-order valence-electron chi connectivity index (χ1n) is 6.57. The predicted octanol–water partition coefficient (Wildman–Crippen LogP) is 3.67. The fraction of sp³-hybridized carbons (Fsp3) is 0.375. The summed E-state index contributed by atoms with van der Waals surface area (Å²) in [6.07, 6.45) is 2.33. The van der Waals surface area contributed by atoms with Crippen LogP contribution in [0.2, 0.25) is 0 Å². The molecule has 0 unspecified atom stereocenters. The van der Waals surface area contributed by atoms with E-state index in [0.717, 1.165) is 18.8 Å². The SMILES string of the molecule is c1ccc2c(C3OCC4(CC4)CO3)cccc2c1. The van der Waals surface area contributed by atoms with Gasteiger partial charge in [-0.15, -0.1) is 0 Å². The normalized spacial score (nSPS) is 22.4. The fourth-order valence-electron chi connectivity index (χ4n) is 2.70. The molecule has 2 heteroatoms. The molecule has 2 aromatic carbocycles. The molecule has 1 aliphatic carbocycles. The van der Waals surface area contributed by atoms with Crippen LogP contribution in [0.15, 0.2) is 42.5 Å². The van der Waals surface area contributed by atoms with E-state index >= 15 is 0 Å². The summed E-state index contributed by atoms with van der Waals surface area (Å²) in [7, 11) is 0. The van der Waals surface area contributed by atoms with Gasteiger partial charge in [0.1, 0.15) is 0 Å². The third kappa shape index (κ3) is 1.64. The smallest absolute Gasteiger partial charge is 0.184 e. The standard InChI is InChI=1S/C16H16O2/c1-2-6-13-12(4-1)5-3-7-14(13)15-17-10-16(8-9-16)11-18-15/h1-7,15H,8-11H2. The predicted molar refractivity (Wildman–Crippen MR) is 70.3 cm³/mol. The quantitative estimate of drug-likeness (QED) is 0.757. The van der Waals surface area contributed by atoms with E-state index < -0.39 is 0 Å².